The molecule has 0 bridgehead atoms. The maximum absolute atomic E-state index is 5.94. The Bertz CT molecular complexity index is 630. The highest BCUT2D eigenvalue weighted by molar-refractivity contribution is 5.39. The standard InChI is InChI=1S/C14H16N4/c1-11(15)13-5-4-8-17(13)9-12-10-18-7-3-2-6-14(18)16-12/h2-8,10-11H,9,15H2,1H3. The Hall–Kier alpha value is -2.07. The van der Waals surface area contributed by atoms with Crippen molar-refractivity contribution in [3.63, 3.8) is 0 Å². The zero-order valence-electron chi connectivity index (χ0n) is 10.3. The lowest BCUT2D eigenvalue weighted by molar-refractivity contribution is 0.669. The lowest BCUT2D eigenvalue weighted by atomic mass is 10.2. The number of fused-ring (bicyclic) bond motifs is 1. The Morgan fingerprint density at radius 2 is 2.11 bits per heavy atom. The molecular formula is C14H16N4. The lowest BCUT2D eigenvalue weighted by Gasteiger charge is -2.10. The van der Waals surface area contributed by atoms with Gasteiger partial charge in [-0.05, 0) is 31.2 Å². The number of imidazole rings is 1. The summed E-state index contributed by atoms with van der Waals surface area (Å²) in [7, 11) is 0. The van der Waals surface area contributed by atoms with Crippen LogP contribution in [0.1, 0.15) is 24.4 Å². The smallest absolute Gasteiger partial charge is 0.137 e. The summed E-state index contributed by atoms with van der Waals surface area (Å²) in [4.78, 5) is 4.59. The normalized spacial score (nSPS) is 13.0. The summed E-state index contributed by atoms with van der Waals surface area (Å²) in [5, 5.41) is 0. The molecule has 0 aliphatic carbocycles. The molecule has 0 saturated heterocycles. The lowest BCUT2D eigenvalue weighted by Crippen LogP contribution is -2.12. The van der Waals surface area contributed by atoms with Gasteiger partial charge in [-0.25, -0.2) is 4.98 Å². The van der Waals surface area contributed by atoms with Crippen LogP contribution in [-0.2, 0) is 6.54 Å². The minimum Gasteiger partial charge on any atom is -0.344 e. The molecule has 92 valence electrons. The number of aromatic nitrogens is 3. The Labute approximate surface area is 106 Å². The molecular weight excluding hydrogens is 224 g/mol. The number of hydrogen-bond donors (Lipinski definition) is 1. The molecule has 18 heavy (non-hydrogen) atoms. The Morgan fingerprint density at radius 1 is 1.22 bits per heavy atom. The first-order valence-electron chi connectivity index (χ1n) is 6.07. The Kier molecular flexibility index (Phi) is 2.64. The van der Waals surface area contributed by atoms with E-state index in [2.05, 4.69) is 21.8 Å². The van der Waals surface area contributed by atoms with Gasteiger partial charge in [-0.1, -0.05) is 6.07 Å². The van der Waals surface area contributed by atoms with Gasteiger partial charge in [0.1, 0.15) is 5.65 Å². The van der Waals surface area contributed by atoms with Crippen molar-refractivity contribution >= 4 is 5.65 Å². The van der Waals surface area contributed by atoms with E-state index in [1.165, 1.54) is 0 Å². The highest BCUT2D eigenvalue weighted by atomic mass is 15.0. The molecule has 0 fully saturated rings. The predicted octanol–water partition coefficient (Wildman–Crippen LogP) is 2.20. The number of rotatable bonds is 3. The summed E-state index contributed by atoms with van der Waals surface area (Å²) in [5.74, 6) is 0. The maximum atomic E-state index is 5.94. The van der Waals surface area contributed by atoms with E-state index in [4.69, 9.17) is 5.73 Å². The van der Waals surface area contributed by atoms with Gasteiger partial charge >= 0.3 is 0 Å². The van der Waals surface area contributed by atoms with Gasteiger partial charge in [0.2, 0.25) is 0 Å². The second-order valence-corrected chi connectivity index (χ2v) is 4.55. The van der Waals surface area contributed by atoms with Gasteiger partial charge in [0, 0.05) is 30.3 Å². The van der Waals surface area contributed by atoms with E-state index < -0.39 is 0 Å². The van der Waals surface area contributed by atoms with Gasteiger partial charge in [-0.2, -0.15) is 0 Å². The molecule has 0 aromatic carbocycles. The average Bonchev–Trinajstić information content (AvgIpc) is 2.94. The number of hydrogen-bond acceptors (Lipinski definition) is 2. The third-order valence-electron chi connectivity index (χ3n) is 3.08. The van der Waals surface area contributed by atoms with E-state index >= 15 is 0 Å². The van der Waals surface area contributed by atoms with Gasteiger partial charge in [0.15, 0.2) is 0 Å². The molecule has 0 spiro atoms. The number of nitrogens with two attached hydrogens (primary N) is 1. The van der Waals surface area contributed by atoms with E-state index in [0.717, 1.165) is 23.6 Å². The van der Waals surface area contributed by atoms with Crippen LogP contribution in [0, 0.1) is 0 Å². The average molecular weight is 240 g/mol. The van der Waals surface area contributed by atoms with E-state index in [-0.39, 0.29) is 6.04 Å². The summed E-state index contributed by atoms with van der Waals surface area (Å²) >= 11 is 0. The molecule has 3 aromatic rings. The van der Waals surface area contributed by atoms with E-state index in [9.17, 15) is 0 Å². The molecule has 0 saturated carbocycles. The van der Waals surface area contributed by atoms with Crippen LogP contribution in [-0.4, -0.2) is 14.0 Å². The zero-order chi connectivity index (χ0) is 12.5. The summed E-state index contributed by atoms with van der Waals surface area (Å²) in [5.41, 5.74) is 9.09. The summed E-state index contributed by atoms with van der Waals surface area (Å²) in [6.45, 7) is 2.75. The van der Waals surface area contributed by atoms with Crippen LogP contribution in [0.2, 0.25) is 0 Å². The highest BCUT2D eigenvalue weighted by Gasteiger charge is 2.07. The van der Waals surface area contributed by atoms with Crippen molar-refractivity contribution in [3.8, 4) is 0 Å². The first-order valence-corrected chi connectivity index (χ1v) is 6.07. The van der Waals surface area contributed by atoms with Crippen LogP contribution < -0.4 is 5.73 Å². The van der Waals surface area contributed by atoms with E-state index in [1.54, 1.807) is 0 Å². The van der Waals surface area contributed by atoms with Crippen molar-refractivity contribution in [1.82, 2.24) is 14.0 Å². The molecule has 3 heterocycles. The SMILES string of the molecule is CC(N)c1cccn1Cc1cn2ccccc2n1. The molecule has 0 radical (unpaired) electrons. The molecule has 0 aliphatic rings. The molecule has 3 aromatic heterocycles. The van der Waals surface area contributed by atoms with Gasteiger partial charge in [0.25, 0.3) is 0 Å². The Morgan fingerprint density at radius 3 is 2.89 bits per heavy atom. The van der Waals surface area contributed by atoms with Gasteiger partial charge in [-0.3, -0.25) is 0 Å². The predicted molar refractivity (Wildman–Crippen MR) is 71.3 cm³/mol. The van der Waals surface area contributed by atoms with Crippen molar-refractivity contribution in [2.24, 2.45) is 5.73 Å². The van der Waals surface area contributed by atoms with E-state index in [0.29, 0.717) is 0 Å². The monoisotopic (exact) mass is 240 g/mol. The van der Waals surface area contributed by atoms with Gasteiger partial charge < -0.3 is 14.7 Å². The second kappa shape index (κ2) is 4.31. The molecule has 4 nitrogen and oxygen atoms in total. The maximum Gasteiger partial charge on any atom is 0.137 e. The Balaban J connectivity index is 1.94. The molecule has 1 atom stereocenters. The van der Waals surface area contributed by atoms with Gasteiger partial charge in [-0.15, -0.1) is 0 Å². The van der Waals surface area contributed by atoms with Crippen LogP contribution in [0.3, 0.4) is 0 Å². The first-order chi connectivity index (χ1) is 8.74. The third kappa shape index (κ3) is 1.91. The van der Waals surface area contributed by atoms with Crippen LogP contribution >= 0.6 is 0 Å². The summed E-state index contributed by atoms with van der Waals surface area (Å²) in [6, 6.07) is 10.1. The zero-order valence-corrected chi connectivity index (χ0v) is 10.3. The quantitative estimate of drug-likeness (QED) is 0.763. The van der Waals surface area contributed by atoms with Crippen LogP contribution in [0.25, 0.3) is 5.65 Å². The molecule has 0 amide bonds. The van der Waals surface area contributed by atoms with Crippen LogP contribution in [0.5, 0.6) is 0 Å². The second-order valence-electron chi connectivity index (χ2n) is 4.55. The van der Waals surface area contributed by atoms with Crippen molar-refractivity contribution in [2.75, 3.05) is 0 Å². The topological polar surface area (TPSA) is 48.2 Å². The van der Waals surface area contributed by atoms with E-state index in [1.807, 2.05) is 48.0 Å². The molecule has 0 aliphatic heterocycles. The first kappa shape index (κ1) is 11.0. The highest BCUT2D eigenvalue weighted by Crippen LogP contribution is 2.13. The van der Waals surface area contributed by atoms with Gasteiger partial charge in [0.05, 0.1) is 12.2 Å². The van der Waals surface area contributed by atoms with Crippen molar-refractivity contribution in [3.05, 3.63) is 60.3 Å². The molecule has 4 heteroatoms. The molecule has 1 unspecified atom stereocenters. The summed E-state index contributed by atoms with van der Waals surface area (Å²) in [6.07, 6.45) is 6.11. The van der Waals surface area contributed by atoms with Crippen LogP contribution in [0.15, 0.2) is 48.9 Å². The minimum absolute atomic E-state index is 0.0389. The largest absolute Gasteiger partial charge is 0.344 e. The fraction of sp³-hybridized carbons (Fsp3) is 0.214. The summed E-state index contributed by atoms with van der Waals surface area (Å²) < 4.78 is 4.18. The minimum atomic E-state index is 0.0389. The van der Waals surface area contributed by atoms with Crippen molar-refractivity contribution < 1.29 is 0 Å². The molecule has 3 rings (SSSR count). The molecule has 2 N–H and O–H groups in total. The third-order valence-corrected chi connectivity index (χ3v) is 3.08. The number of pyridine rings is 1. The fourth-order valence-electron chi connectivity index (χ4n) is 2.22. The van der Waals surface area contributed by atoms with Crippen molar-refractivity contribution in [2.45, 2.75) is 19.5 Å². The van der Waals surface area contributed by atoms with Crippen molar-refractivity contribution in [1.29, 1.82) is 0 Å². The number of nitrogens with zero attached hydrogens (tertiary/aromatic N) is 3. The van der Waals surface area contributed by atoms with Crippen LogP contribution in [0.4, 0.5) is 0 Å². The fourth-order valence-corrected chi connectivity index (χ4v) is 2.22.